The maximum Gasteiger partial charge on any atom is 0.308 e. The number of carboxylic acids is 1. The molecule has 1 atom stereocenters. The maximum atomic E-state index is 12.9. The molecule has 0 aliphatic heterocycles. The molecule has 0 radical (unpaired) electrons. The molecule has 2 N–H and O–H groups in total. The molecule has 4 nitrogen and oxygen atoms in total. The van der Waals surface area contributed by atoms with Gasteiger partial charge in [-0.2, -0.15) is 5.26 Å². The predicted octanol–water partition coefficient (Wildman–Crippen LogP) is 2.61. The fourth-order valence-corrected chi connectivity index (χ4v) is 1.66. The van der Waals surface area contributed by atoms with Gasteiger partial charge in [-0.25, -0.2) is 4.39 Å². The number of hydrogen-bond donors (Lipinski definition) is 2. The smallest absolute Gasteiger partial charge is 0.308 e. The maximum absolute atomic E-state index is 12.9. The molecule has 1 aromatic rings. The number of nitriles is 1. The first kappa shape index (κ1) is 14.0. The van der Waals surface area contributed by atoms with Crippen molar-refractivity contribution in [1.29, 1.82) is 5.26 Å². The van der Waals surface area contributed by atoms with Crippen LogP contribution in [0.1, 0.15) is 25.3 Å². The topological polar surface area (TPSA) is 73.1 Å². The van der Waals surface area contributed by atoms with E-state index in [2.05, 4.69) is 5.32 Å². The van der Waals surface area contributed by atoms with Gasteiger partial charge in [0.05, 0.1) is 17.2 Å². The summed E-state index contributed by atoms with van der Waals surface area (Å²) in [5, 5.41) is 20.7. The van der Waals surface area contributed by atoms with Crippen LogP contribution in [0.2, 0.25) is 0 Å². The van der Waals surface area contributed by atoms with E-state index in [4.69, 9.17) is 10.4 Å². The Balaban J connectivity index is 2.73. The highest BCUT2D eigenvalue weighted by atomic mass is 19.1. The van der Waals surface area contributed by atoms with Crippen LogP contribution in [0, 0.1) is 23.1 Å². The molecule has 0 fully saturated rings. The number of carboxylic acid groups (broad SMARTS) is 1. The summed E-state index contributed by atoms with van der Waals surface area (Å²) in [6, 6.07) is 5.67. The highest BCUT2D eigenvalue weighted by molar-refractivity contribution is 5.71. The molecular formula is C13H15FN2O2. The molecule has 0 aromatic heterocycles. The van der Waals surface area contributed by atoms with Crippen LogP contribution in [0.15, 0.2) is 18.2 Å². The molecule has 0 saturated heterocycles. The summed E-state index contributed by atoms with van der Waals surface area (Å²) in [6.07, 6.45) is 1.33. The molecule has 0 saturated carbocycles. The first-order valence-corrected chi connectivity index (χ1v) is 5.74. The third kappa shape index (κ3) is 3.74. The Kier molecular flexibility index (Phi) is 5.12. The van der Waals surface area contributed by atoms with Gasteiger partial charge in [0.1, 0.15) is 11.9 Å². The molecule has 0 heterocycles. The number of nitrogens with one attached hydrogen (secondary N) is 1. The van der Waals surface area contributed by atoms with Crippen molar-refractivity contribution in [1.82, 2.24) is 0 Å². The summed E-state index contributed by atoms with van der Waals surface area (Å²) in [6.45, 7) is 2.14. The Bertz CT molecular complexity index is 469. The van der Waals surface area contributed by atoms with Gasteiger partial charge in [0.15, 0.2) is 0 Å². The van der Waals surface area contributed by atoms with E-state index in [1.807, 2.05) is 13.0 Å². The van der Waals surface area contributed by atoms with Crippen molar-refractivity contribution >= 4 is 11.7 Å². The van der Waals surface area contributed by atoms with Crippen molar-refractivity contribution in [2.24, 2.45) is 5.92 Å². The second-order valence-electron chi connectivity index (χ2n) is 4.01. The average Bonchev–Trinajstić information content (AvgIpc) is 2.35. The zero-order chi connectivity index (χ0) is 13.5. The molecule has 0 aliphatic carbocycles. The summed E-state index contributed by atoms with van der Waals surface area (Å²) >= 11 is 0. The first-order chi connectivity index (χ1) is 8.58. The summed E-state index contributed by atoms with van der Waals surface area (Å²) < 4.78 is 12.9. The fourth-order valence-electron chi connectivity index (χ4n) is 1.66. The minimum Gasteiger partial charge on any atom is -0.481 e. The van der Waals surface area contributed by atoms with Gasteiger partial charge in [0.25, 0.3) is 0 Å². The monoisotopic (exact) mass is 250 g/mol. The SMILES string of the molecule is CCCC(CNc1ccc(F)cc1C#N)C(=O)O. The molecule has 0 spiro atoms. The van der Waals surface area contributed by atoms with Crippen molar-refractivity contribution in [2.75, 3.05) is 11.9 Å². The van der Waals surface area contributed by atoms with E-state index in [9.17, 15) is 9.18 Å². The molecule has 0 aliphatic rings. The number of halogens is 1. The Morgan fingerprint density at radius 3 is 2.89 bits per heavy atom. The zero-order valence-corrected chi connectivity index (χ0v) is 10.1. The Morgan fingerprint density at radius 2 is 2.33 bits per heavy atom. The van der Waals surface area contributed by atoms with E-state index in [-0.39, 0.29) is 12.1 Å². The Morgan fingerprint density at radius 1 is 1.61 bits per heavy atom. The number of anilines is 1. The lowest BCUT2D eigenvalue weighted by Gasteiger charge is -2.14. The summed E-state index contributed by atoms with van der Waals surface area (Å²) in [4.78, 5) is 11.0. The number of carbonyl (C=O) groups is 1. The van der Waals surface area contributed by atoms with E-state index in [1.54, 1.807) is 0 Å². The molecular weight excluding hydrogens is 235 g/mol. The van der Waals surface area contributed by atoms with E-state index in [1.165, 1.54) is 12.1 Å². The number of aliphatic carboxylic acids is 1. The zero-order valence-electron chi connectivity index (χ0n) is 10.1. The molecule has 5 heteroatoms. The standard InChI is InChI=1S/C13H15FN2O2/c1-2-3-9(13(17)18)8-16-12-5-4-11(14)6-10(12)7-15/h4-6,9,16H,2-3,8H2,1H3,(H,17,18). The second-order valence-corrected chi connectivity index (χ2v) is 4.01. The van der Waals surface area contributed by atoms with Crippen molar-refractivity contribution in [3.63, 3.8) is 0 Å². The van der Waals surface area contributed by atoms with Crippen LogP contribution in [0.4, 0.5) is 10.1 Å². The summed E-state index contributed by atoms with van der Waals surface area (Å²) in [5.41, 5.74) is 0.636. The molecule has 96 valence electrons. The van der Waals surface area contributed by atoms with E-state index >= 15 is 0 Å². The third-order valence-electron chi connectivity index (χ3n) is 2.63. The van der Waals surface area contributed by atoms with Crippen molar-refractivity contribution in [3.8, 4) is 6.07 Å². The minimum absolute atomic E-state index is 0.177. The predicted molar refractivity (Wildman–Crippen MR) is 65.6 cm³/mol. The highest BCUT2D eigenvalue weighted by Gasteiger charge is 2.16. The number of rotatable bonds is 6. The summed E-state index contributed by atoms with van der Waals surface area (Å²) in [7, 11) is 0. The quantitative estimate of drug-likeness (QED) is 0.814. The third-order valence-corrected chi connectivity index (χ3v) is 2.63. The van der Waals surface area contributed by atoms with Gasteiger partial charge in [-0.1, -0.05) is 13.3 Å². The van der Waals surface area contributed by atoms with Gasteiger partial charge in [-0.15, -0.1) is 0 Å². The van der Waals surface area contributed by atoms with Gasteiger partial charge in [0.2, 0.25) is 0 Å². The largest absolute Gasteiger partial charge is 0.481 e. The molecule has 0 bridgehead atoms. The van der Waals surface area contributed by atoms with Crippen LogP contribution < -0.4 is 5.32 Å². The van der Waals surface area contributed by atoms with Crippen LogP contribution in [0.5, 0.6) is 0 Å². The van der Waals surface area contributed by atoms with Crippen LogP contribution in [0.25, 0.3) is 0 Å². The lowest BCUT2D eigenvalue weighted by atomic mass is 10.0. The molecule has 1 unspecified atom stereocenters. The van der Waals surface area contributed by atoms with Crippen LogP contribution >= 0.6 is 0 Å². The normalized spacial score (nSPS) is 11.6. The molecule has 0 amide bonds. The van der Waals surface area contributed by atoms with Gasteiger partial charge < -0.3 is 10.4 Å². The van der Waals surface area contributed by atoms with Crippen LogP contribution in [-0.2, 0) is 4.79 Å². The van der Waals surface area contributed by atoms with Crippen molar-refractivity contribution in [3.05, 3.63) is 29.6 Å². The molecule has 1 rings (SSSR count). The molecule has 18 heavy (non-hydrogen) atoms. The van der Waals surface area contributed by atoms with Crippen molar-refractivity contribution in [2.45, 2.75) is 19.8 Å². The summed E-state index contributed by atoms with van der Waals surface area (Å²) in [5.74, 6) is -1.86. The van der Waals surface area contributed by atoms with Gasteiger partial charge >= 0.3 is 5.97 Å². The van der Waals surface area contributed by atoms with Gasteiger partial charge in [-0.05, 0) is 24.6 Å². The van der Waals surface area contributed by atoms with Crippen molar-refractivity contribution < 1.29 is 14.3 Å². The molecule has 1 aromatic carbocycles. The fraction of sp³-hybridized carbons (Fsp3) is 0.385. The van der Waals surface area contributed by atoms with E-state index in [0.29, 0.717) is 12.1 Å². The van der Waals surface area contributed by atoms with Crippen LogP contribution in [-0.4, -0.2) is 17.6 Å². The number of benzene rings is 1. The second kappa shape index (κ2) is 6.60. The first-order valence-electron chi connectivity index (χ1n) is 5.74. The minimum atomic E-state index is -0.870. The Labute approximate surface area is 105 Å². The van der Waals surface area contributed by atoms with E-state index in [0.717, 1.165) is 12.5 Å². The lowest BCUT2D eigenvalue weighted by molar-refractivity contribution is -0.141. The van der Waals surface area contributed by atoms with E-state index < -0.39 is 17.7 Å². The number of hydrogen-bond acceptors (Lipinski definition) is 3. The van der Waals surface area contributed by atoms with Gasteiger partial charge in [0, 0.05) is 6.54 Å². The average molecular weight is 250 g/mol. The highest BCUT2D eigenvalue weighted by Crippen LogP contribution is 2.17. The van der Waals surface area contributed by atoms with Crippen LogP contribution in [0.3, 0.4) is 0 Å². The Hall–Kier alpha value is -2.09. The lowest BCUT2D eigenvalue weighted by Crippen LogP contribution is -2.23. The van der Waals surface area contributed by atoms with Gasteiger partial charge in [-0.3, -0.25) is 4.79 Å². The number of nitrogens with zero attached hydrogens (tertiary/aromatic N) is 1.